The number of benzene rings is 1. The summed E-state index contributed by atoms with van der Waals surface area (Å²) in [6.45, 7) is 3.40. The quantitative estimate of drug-likeness (QED) is 0.550. The van der Waals surface area contributed by atoms with E-state index in [1.54, 1.807) is 44.3 Å². The lowest BCUT2D eigenvalue weighted by Crippen LogP contribution is -2.41. The van der Waals surface area contributed by atoms with Crippen LogP contribution in [0.4, 0.5) is 5.69 Å². The molecule has 0 saturated carbocycles. The van der Waals surface area contributed by atoms with Crippen LogP contribution in [0, 0.1) is 6.92 Å². The third-order valence-corrected chi connectivity index (χ3v) is 4.67. The molecule has 2 aromatic heterocycles. The molecule has 0 aliphatic heterocycles. The summed E-state index contributed by atoms with van der Waals surface area (Å²) in [6.07, 6.45) is 1.64. The molecule has 0 spiro atoms. The number of carbonyl (C=O) groups excluding carboxylic acids is 2. The van der Waals surface area contributed by atoms with Gasteiger partial charge in [0.2, 0.25) is 11.7 Å². The summed E-state index contributed by atoms with van der Waals surface area (Å²) in [4.78, 5) is 32.3. The largest absolute Gasteiger partial charge is 0.493 e. The number of ether oxygens (including phenoxy) is 3. The van der Waals surface area contributed by atoms with Crippen molar-refractivity contribution in [3.8, 4) is 17.2 Å². The molecule has 3 rings (SSSR count). The summed E-state index contributed by atoms with van der Waals surface area (Å²) in [7, 11) is 4.53. The maximum absolute atomic E-state index is 12.7. The summed E-state index contributed by atoms with van der Waals surface area (Å²) in [5, 5.41) is 6.15. The van der Waals surface area contributed by atoms with Crippen molar-refractivity contribution < 1.29 is 23.8 Å². The van der Waals surface area contributed by atoms with Crippen molar-refractivity contribution in [2.24, 2.45) is 0 Å². The number of aromatic nitrogens is 2. The summed E-state index contributed by atoms with van der Waals surface area (Å²) >= 11 is 0. The Balaban J connectivity index is 1.81. The van der Waals surface area contributed by atoms with Crippen LogP contribution in [0.2, 0.25) is 0 Å². The lowest BCUT2D eigenvalue weighted by Gasteiger charge is -2.14. The molecule has 0 radical (unpaired) electrons. The predicted octanol–water partition coefficient (Wildman–Crippen LogP) is 2.65. The van der Waals surface area contributed by atoms with Gasteiger partial charge in [0.25, 0.3) is 5.91 Å². The van der Waals surface area contributed by atoms with Crippen LogP contribution in [-0.2, 0) is 4.79 Å². The number of H-pyrrole nitrogens is 1. The molecule has 0 saturated heterocycles. The Morgan fingerprint density at radius 1 is 1.10 bits per heavy atom. The fourth-order valence-corrected chi connectivity index (χ4v) is 3.06. The number of pyridine rings is 1. The summed E-state index contributed by atoms with van der Waals surface area (Å²) in [5.41, 5.74) is 2.15. The molecule has 1 aromatic carbocycles. The average molecular weight is 412 g/mol. The molecule has 0 bridgehead atoms. The van der Waals surface area contributed by atoms with Gasteiger partial charge >= 0.3 is 0 Å². The Bertz CT molecular complexity index is 1090. The first-order valence-corrected chi connectivity index (χ1v) is 9.24. The monoisotopic (exact) mass is 412 g/mol. The zero-order chi connectivity index (χ0) is 21.8. The number of aromatic amines is 1. The Labute approximate surface area is 173 Å². The van der Waals surface area contributed by atoms with E-state index >= 15 is 0 Å². The molecule has 0 fully saturated rings. The smallest absolute Gasteiger partial charge is 0.268 e. The SMILES string of the molecule is COc1cc2cc(C(=O)N[C@@H](C)C(=O)Nc3cccnc3C)[nH]c2c(OC)c1OC. The number of nitrogens with one attached hydrogen (secondary N) is 3. The van der Waals surface area contributed by atoms with Crippen LogP contribution in [-0.4, -0.2) is 49.2 Å². The van der Waals surface area contributed by atoms with Crippen molar-refractivity contribution in [2.75, 3.05) is 26.6 Å². The standard InChI is InChI=1S/C21H24N4O5/c1-11-14(7-6-8-22-11)25-20(26)12(2)23-21(27)15-9-13-10-16(28-3)18(29-4)19(30-5)17(13)24-15/h6-10,12,24H,1-5H3,(H,23,27)(H,25,26)/t12-/m0/s1. The summed E-state index contributed by atoms with van der Waals surface area (Å²) in [6, 6.07) is 6.11. The van der Waals surface area contributed by atoms with E-state index in [0.29, 0.717) is 39.5 Å². The maximum atomic E-state index is 12.7. The molecule has 0 unspecified atom stereocenters. The van der Waals surface area contributed by atoms with Crippen molar-refractivity contribution in [2.45, 2.75) is 19.9 Å². The number of anilines is 1. The highest BCUT2D eigenvalue weighted by atomic mass is 16.5. The topological polar surface area (TPSA) is 115 Å². The fraction of sp³-hybridized carbons (Fsp3) is 0.286. The average Bonchev–Trinajstić information content (AvgIpc) is 3.17. The molecule has 2 amide bonds. The highest BCUT2D eigenvalue weighted by molar-refractivity contribution is 6.04. The molecule has 0 aliphatic carbocycles. The Morgan fingerprint density at radius 2 is 1.83 bits per heavy atom. The molecule has 30 heavy (non-hydrogen) atoms. The fourth-order valence-electron chi connectivity index (χ4n) is 3.06. The van der Waals surface area contributed by atoms with Gasteiger partial charge in [-0.25, -0.2) is 0 Å². The van der Waals surface area contributed by atoms with Crippen molar-refractivity contribution in [3.63, 3.8) is 0 Å². The van der Waals surface area contributed by atoms with Crippen LogP contribution >= 0.6 is 0 Å². The highest BCUT2D eigenvalue weighted by Gasteiger charge is 2.22. The zero-order valence-corrected chi connectivity index (χ0v) is 17.5. The molecule has 9 nitrogen and oxygen atoms in total. The van der Waals surface area contributed by atoms with Crippen molar-refractivity contribution >= 4 is 28.4 Å². The van der Waals surface area contributed by atoms with Crippen LogP contribution < -0.4 is 24.8 Å². The number of amides is 2. The van der Waals surface area contributed by atoms with Gasteiger partial charge in [-0.1, -0.05) is 0 Å². The lowest BCUT2D eigenvalue weighted by atomic mass is 10.2. The molecule has 3 N–H and O–H groups in total. The van der Waals surface area contributed by atoms with Gasteiger partial charge in [-0.3, -0.25) is 14.6 Å². The van der Waals surface area contributed by atoms with Crippen molar-refractivity contribution in [1.29, 1.82) is 0 Å². The van der Waals surface area contributed by atoms with Gasteiger partial charge in [0.05, 0.1) is 38.2 Å². The second kappa shape index (κ2) is 8.73. The van der Waals surface area contributed by atoms with E-state index in [-0.39, 0.29) is 11.6 Å². The number of hydrogen-bond donors (Lipinski definition) is 3. The molecular formula is C21H24N4O5. The van der Waals surface area contributed by atoms with E-state index in [1.807, 2.05) is 0 Å². The van der Waals surface area contributed by atoms with Crippen LogP contribution in [0.1, 0.15) is 23.1 Å². The Hall–Kier alpha value is -3.75. The van der Waals surface area contributed by atoms with Gasteiger partial charge in [0.1, 0.15) is 11.7 Å². The normalized spacial score (nSPS) is 11.6. The first-order chi connectivity index (χ1) is 14.4. The molecule has 1 atom stereocenters. The van der Waals surface area contributed by atoms with E-state index in [1.165, 1.54) is 21.3 Å². The van der Waals surface area contributed by atoms with Gasteiger partial charge < -0.3 is 29.8 Å². The van der Waals surface area contributed by atoms with E-state index in [2.05, 4.69) is 20.6 Å². The second-order valence-electron chi connectivity index (χ2n) is 6.61. The molecule has 0 aliphatic rings. The van der Waals surface area contributed by atoms with Crippen LogP contribution in [0.15, 0.2) is 30.5 Å². The molecule has 2 heterocycles. The van der Waals surface area contributed by atoms with E-state index in [9.17, 15) is 9.59 Å². The van der Waals surface area contributed by atoms with Crippen LogP contribution in [0.25, 0.3) is 10.9 Å². The van der Waals surface area contributed by atoms with Gasteiger partial charge in [-0.2, -0.15) is 0 Å². The lowest BCUT2D eigenvalue weighted by molar-refractivity contribution is -0.117. The van der Waals surface area contributed by atoms with Gasteiger partial charge in [-0.05, 0) is 38.1 Å². The van der Waals surface area contributed by atoms with Gasteiger partial charge in [-0.15, -0.1) is 0 Å². The van der Waals surface area contributed by atoms with Crippen LogP contribution in [0.5, 0.6) is 17.2 Å². The Morgan fingerprint density at radius 3 is 2.47 bits per heavy atom. The molecule has 9 heteroatoms. The highest BCUT2D eigenvalue weighted by Crippen LogP contribution is 2.43. The van der Waals surface area contributed by atoms with Gasteiger partial charge in [0.15, 0.2) is 11.5 Å². The number of rotatable bonds is 7. The number of fused-ring (bicyclic) bond motifs is 1. The minimum atomic E-state index is -0.769. The third-order valence-electron chi connectivity index (χ3n) is 4.67. The van der Waals surface area contributed by atoms with Crippen molar-refractivity contribution in [3.05, 3.63) is 41.9 Å². The van der Waals surface area contributed by atoms with E-state index < -0.39 is 11.9 Å². The number of aryl methyl sites for hydroxylation is 1. The minimum absolute atomic E-state index is 0.274. The maximum Gasteiger partial charge on any atom is 0.268 e. The van der Waals surface area contributed by atoms with Crippen LogP contribution in [0.3, 0.4) is 0 Å². The molecular weight excluding hydrogens is 388 g/mol. The Kier molecular flexibility index (Phi) is 6.10. The first-order valence-electron chi connectivity index (χ1n) is 9.24. The number of nitrogens with zero attached hydrogens (tertiary/aromatic N) is 1. The minimum Gasteiger partial charge on any atom is -0.493 e. The molecule has 3 aromatic rings. The van der Waals surface area contributed by atoms with E-state index in [0.717, 1.165) is 0 Å². The summed E-state index contributed by atoms with van der Waals surface area (Å²) in [5.74, 6) is 0.533. The zero-order valence-electron chi connectivity index (χ0n) is 17.5. The number of hydrogen-bond acceptors (Lipinski definition) is 6. The summed E-state index contributed by atoms with van der Waals surface area (Å²) < 4.78 is 16.2. The number of methoxy groups -OCH3 is 3. The third kappa shape index (κ3) is 4.00. The predicted molar refractivity (Wildman–Crippen MR) is 112 cm³/mol. The van der Waals surface area contributed by atoms with Gasteiger partial charge in [0, 0.05) is 11.6 Å². The number of carbonyl (C=O) groups is 2. The second-order valence-corrected chi connectivity index (χ2v) is 6.61. The first kappa shape index (κ1) is 21.0. The molecule has 158 valence electrons. The van der Waals surface area contributed by atoms with Crippen molar-refractivity contribution in [1.82, 2.24) is 15.3 Å². The van der Waals surface area contributed by atoms with E-state index in [4.69, 9.17) is 14.2 Å².